The largest absolute Gasteiger partial charge is 0.494 e. The van der Waals surface area contributed by atoms with Crippen LogP contribution < -0.4 is 4.74 Å². The molecule has 0 amide bonds. The van der Waals surface area contributed by atoms with Crippen molar-refractivity contribution in [2.75, 3.05) is 6.61 Å². The molecule has 0 saturated heterocycles. The minimum Gasteiger partial charge on any atom is -0.494 e. The molecule has 2 nitrogen and oxygen atoms in total. The zero-order valence-electron chi connectivity index (χ0n) is 11.9. The number of thiophene rings is 1. The number of rotatable bonds is 4. The fourth-order valence-electron chi connectivity index (χ4n) is 2.67. The van der Waals surface area contributed by atoms with E-state index >= 15 is 0 Å². The molecular weight excluding hydrogens is 348 g/mol. The third kappa shape index (κ3) is 3.06. The minimum absolute atomic E-state index is 0.101. The normalized spacial score (nSPS) is 13.8. The maximum atomic E-state index is 12.7. The Bertz CT molecular complexity index is 652. The van der Waals surface area contributed by atoms with E-state index in [0.717, 1.165) is 27.9 Å². The highest BCUT2D eigenvalue weighted by atomic mass is 79.9. The summed E-state index contributed by atoms with van der Waals surface area (Å²) in [6.07, 6.45) is 4.72. The molecule has 4 heteroatoms. The molecule has 1 aliphatic carbocycles. The number of hydrogen-bond donors (Lipinski definition) is 0. The van der Waals surface area contributed by atoms with Crippen LogP contribution in [0.4, 0.5) is 0 Å². The molecule has 0 saturated carbocycles. The molecule has 0 atom stereocenters. The minimum atomic E-state index is 0.101. The topological polar surface area (TPSA) is 26.3 Å². The van der Waals surface area contributed by atoms with E-state index in [4.69, 9.17) is 4.74 Å². The van der Waals surface area contributed by atoms with Gasteiger partial charge in [-0.15, -0.1) is 11.3 Å². The van der Waals surface area contributed by atoms with Crippen LogP contribution in [0, 0.1) is 0 Å². The van der Waals surface area contributed by atoms with Crippen molar-refractivity contribution in [3.63, 3.8) is 0 Å². The summed E-state index contributed by atoms with van der Waals surface area (Å²) in [4.78, 5) is 14.9. The number of carbonyl (C=O) groups excluding carboxylic acids is 1. The van der Waals surface area contributed by atoms with Crippen molar-refractivity contribution >= 4 is 33.0 Å². The van der Waals surface area contributed by atoms with E-state index in [1.807, 2.05) is 25.1 Å². The van der Waals surface area contributed by atoms with Crippen LogP contribution >= 0.6 is 27.3 Å². The number of hydrogen-bond acceptors (Lipinski definition) is 3. The summed E-state index contributed by atoms with van der Waals surface area (Å²) in [5.41, 5.74) is 2.08. The molecule has 0 N–H and O–H groups in total. The highest BCUT2D eigenvalue weighted by Gasteiger charge is 2.20. The number of halogens is 1. The monoisotopic (exact) mass is 364 g/mol. The Kier molecular flexibility index (Phi) is 4.45. The molecule has 1 aromatic heterocycles. The molecule has 110 valence electrons. The molecule has 1 aromatic carbocycles. The van der Waals surface area contributed by atoms with E-state index in [1.54, 1.807) is 11.3 Å². The molecule has 0 fully saturated rings. The van der Waals surface area contributed by atoms with E-state index in [2.05, 4.69) is 22.0 Å². The lowest BCUT2D eigenvalue weighted by Crippen LogP contribution is -2.01. The number of ether oxygens (including phenoxy) is 1. The van der Waals surface area contributed by atoms with Gasteiger partial charge in [0.1, 0.15) is 5.75 Å². The summed E-state index contributed by atoms with van der Waals surface area (Å²) < 4.78 is 6.25. The van der Waals surface area contributed by atoms with Crippen LogP contribution in [-0.4, -0.2) is 12.4 Å². The van der Waals surface area contributed by atoms with Gasteiger partial charge in [-0.1, -0.05) is 0 Å². The smallest absolute Gasteiger partial charge is 0.204 e. The van der Waals surface area contributed by atoms with Crippen LogP contribution in [0.3, 0.4) is 0 Å². The molecule has 0 radical (unpaired) electrons. The van der Waals surface area contributed by atoms with E-state index in [1.165, 1.54) is 23.3 Å². The van der Waals surface area contributed by atoms with Crippen LogP contribution in [0.2, 0.25) is 0 Å². The fraction of sp³-hybridized carbons (Fsp3) is 0.353. The Hall–Kier alpha value is -1.13. The first-order valence-corrected chi connectivity index (χ1v) is 8.88. The second kappa shape index (κ2) is 6.32. The Balaban J connectivity index is 1.89. The van der Waals surface area contributed by atoms with Gasteiger partial charge in [0.25, 0.3) is 0 Å². The maximum absolute atomic E-state index is 12.7. The van der Waals surface area contributed by atoms with Crippen molar-refractivity contribution < 1.29 is 9.53 Å². The molecular formula is C17H17BrO2S. The fourth-order valence-corrected chi connectivity index (χ4v) is 4.42. The summed E-state index contributed by atoms with van der Waals surface area (Å²) in [5.74, 6) is 0.885. The van der Waals surface area contributed by atoms with Crippen LogP contribution in [0.15, 0.2) is 28.7 Å². The molecule has 0 spiro atoms. The lowest BCUT2D eigenvalue weighted by Gasteiger charge is -2.08. The summed E-state index contributed by atoms with van der Waals surface area (Å²) >= 11 is 5.15. The van der Waals surface area contributed by atoms with E-state index in [-0.39, 0.29) is 5.78 Å². The summed E-state index contributed by atoms with van der Waals surface area (Å²) in [6, 6.07) is 7.65. The third-order valence-electron chi connectivity index (χ3n) is 3.72. The van der Waals surface area contributed by atoms with Gasteiger partial charge < -0.3 is 4.74 Å². The molecule has 21 heavy (non-hydrogen) atoms. The summed E-state index contributed by atoms with van der Waals surface area (Å²) in [6.45, 7) is 2.57. The van der Waals surface area contributed by atoms with Gasteiger partial charge in [-0.2, -0.15) is 0 Å². The van der Waals surface area contributed by atoms with E-state index in [0.29, 0.717) is 12.2 Å². The van der Waals surface area contributed by atoms with Crippen molar-refractivity contribution in [3.05, 3.63) is 49.6 Å². The highest BCUT2D eigenvalue weighted by Crippen LogP contribution is 2.33. The number of ketones is 1. The van der Waals surface area contributed by atoms with Crippen molar-refractivity contribution in [3.8, 4) is 5.75 Å². The van der Waals surface area contributed by atoms with Gasteiger partial charge in [0, 0.05) is 14.9 Å². The van der Waals surface area contributed by atoms with E-state index in [9.17, 15) is 4.79 Å². The van der Waals surface area contributed by atoms with Gasteiger partial charge in [0.15, 0.2) is 0 Å². The molecule has 1 heterocycles. The molecule has 1 aliphatic rings. The van der Waals surface area contributed by atoms with Crippen LogP contribution in [0.25, 0.3) is 0 Å². The summed E-state index contributed by atoms with van der Waals surface area (Å²) in [5, 5.41) is 0. The van der Waals surface area contributed by atoms with Gasteiger partial charge >= 0.3 is 0 Å². The zero-order valence-corrected chi connectivity index (χ0v) is 14.4. The maximum Gasteiger partial charge on any atom is 0.204 e. The van der Waals surface area contributed by atoms with Gasteiger partial charge in [0.05, 0.1) is 11.5 Å². The second-order valence-electron chi connectivity index (χ2n) is 5.17. The predicted octanol–water partition coefficient (Wildman–Crippen LogP) is 5.02. The van der Waals surface area contributed by atoms with Gasteiger partial charge in [-0.05, 0) is 78.4 Å². The number of carbonyl (C=O) groups is 1. The van der Waals surface area contributed by atoms with Crippen molar-refractivity contribution in [1.82, 2.24) is 0 Å². The summed E-state index contributed by atoms with van der Waals surface area (Å²) in [7, 11) is 0. The van der Waals surface area contributed by atoms with Crippen LogP contribution in [-0.2, 0) is 12.8 Å². The molecule has 3 rings (SSSR count). The zero-order chi connectivity index (χ0) is 14.8. The van der Waals surface area contributed by atoms with Gasteiger partial charge in [-0.25, -0.2) is 0 Å². The Labute approximate surface area is 137 Å². The van der Waals surface area contributed by atoms with Crippen molar-refractivity contribution in [2.24, 2.45) is 0 Å². The third-order valence-corrected chi connectivity index (χ3v) is 5.61. The predicted molar refractivity (Wildman–Crippen MR) is 89.7 cm³/mol. The first-order valence-electron chi connectivity index (χ1n) is 7.27. The van der Waals surface area contributed by atoms with Crippen molar-refractivity contribution in [1.29, 1.82) is 0 Å². The number of fused-ring (bicyclic) bond motifs is 1. The van der Waals surface area contributed by atoms with E-state index < -0.39 is 0 Å². The average molecular weight is 365 g/mol. The number of aryl methyl sites for hydroxylation is 2. The second-order valence-corrected chi connectivity index (χ2v) is 7.16. The average Bonchev–Trinajstić information content (AvgIpc) is 2.91. The Morgan fingerprint density at radius 2 is 2.10 bits per heavy atom. The van der Waals surface area contributed by atoms with Gasteiger partial charge in [0.2, 0.25) is 5.78 Å². The van der Waals surface area contributed by atoms with Gasteiger partial charge in [-0.3, -0.25) is 4.79 Å². The Morgan fingerprint density at radius 3 is 2.81 bits per heavy atom. The lowest BCUT2D eigenvalue weighted by molar-refractivity contribution is 0.104. The molecule has 0 bridgehead atoms. The number of benzene rings is 1. The first kappa shape index (κ1) is 14.8. The lowest BCUT2D eigenvalue weighted by atomic mass is 9.98. The standard InChI is InChI=1S/C17H17BrO2S/c1-2-20-12-7-8-13(14(18)10-12)17(19)16-9-11-5-3-4-6-15(11)21-16/h7-10H,2-6H2,1H3. The molecule has 0 unspecified atom stereocenters. The molecule has 2 aromatic rings. The first-order chi connectivity index (χ1) is 10.2. The SMILES string of the molecule is CCOc1ccc(C(=O)c2cc3c(s2)CCCC3)c(Br)c1. The molecule has 0 aliphatic heterocycles. The van der Waals surface area contributed by atoms with Crippen LogP contribution in [0.5, 0.6) is 5.75 Å². The van der Waals surface area contributed by atoms with Crippen molar-refractivity contribution in [2.45, 2.75) is 32.6 Å². The van der Waals surface area contributed by atoms with Crippen LogP contribution in [0.1, 0.15) is 45.4 Å². The Morgan fingerprint density at radius 1 is 1.29 bits per heavy atom. The quantitative estimate of drug-likeness (QED) is 0.712. The highest BCUT2D eigenvalue weighted by molar-refractivity contribution is 9.10.